The molecule has 4 unspecified atom stereocenters. The van der Waals surface area contributed by atoms with E-state index in [1.165, 1.54) is 0 Å². The average Bonchev–Trinajstić information content (AvgIpc) is 3.44. The molecule has 3 aliphatic rings. The molecule has 0 bridgehead atoms. The van der Waals surface area contributed by atoms with Gasteiger partial charge in [-0.05, 0) is 0 Å². The SMILES string of the molecule is Cc1nc(N2CCOCC2)[se]c1C1C(=O)C([O-])C(c2[se]c(N3CCOCC3)nc2C)C1[O-]. The number of rotatable bonds is 4. The molecular weight excluding hydrogens is 546 g/mol. The van der Waals surface area contributed by atoms with E-state index < -0.39 is 29.8 Å². The summed E-state index contributed by atoms with van der Waals surface area (Å²) in [4.78, 5) is 26.8. The first-order valence-corrected chi connectivity index (χ1v) is 14.3. The Balaban J connectivity index is 1.42. The molecule has 4 heterocycles. The number of ether oxygens (including phenoxy) is 2. The van der Waals surface area contributed by atoms with Crippen molar-refractivity contribution in [3.63, 3.8) is 0 Å². The Kier molecular flexibility index (Phi) is 6.62. The molecule has 0 aromatic carbocycles. The minimum absolute atomic E-state index is 0.202. The quantitative estimate of drug-likeness (QED) is 0.377. The van der Waals surface area contributed by atoms with Gasteiger partial charge in [0.15, 0.2) is 0 Å². The van der Waals surface area contributed by atoms with Gasteiger partial charge >= 0.3 is 199 Å². The zero-order valence-electron chi connectivity index (χ0n) is 18.1. The van der Waals surface area contributed by atoms with E-state index in [-0.39, 0.29) is 29.0 Å². The van der Waals surface area contributed by atoms with Crippen LogP contribution >= 0.6 is 0 Å². The molecule has 1 saturated carbocycles. The molecule has 0 radical (unpaired) electrons. The number of hydrogen-bond acceptors (Lipinski definition) is 9. The van der Waals surface area contributed by atoms with Gasteiger partial charge in [0, 0.05) is 0 Å². The molecule has 2 aliphatic heterocycles. The van der Waals surface area contributed by atoms with E-state index in [1.807, 2.05) is 13.8 Å². The summed E-state index contributed by atoms with van der Waals surface area (Å²) in [5.74, 6) is -2.15. The summed E-state index contributed by atoms with van der Waals surface area (Å²) in [5, 5.41) is 26.7. The Labute approximate surface area is 198 Å². The van der Waals surface area contributed by atoms with Crippen molar-refractivity contribution in [2.45, 2.75) is 37.9 Å². The first kappa shape index (κ1) is 22.7. The molecule has 2 aromatic heterocycles. The Morgan fingerprint density at radius 1 is 0.844 bits per heavy atom. The van der Waals surface area contributed by atoms with Crippen LogP contribution in [0.4, 0.5) is 9.38 Å². The maximum atomic E-state index is 13.6. The van der Waals surface area contributed by atoms with E-state index in [2.05, 4.69) is 9.80 Å². The fraction of sp³-hybridized carbons (Fsp3) is 0.667. The van der Waals surface area contributed by atoms with Gasteiger partial charge in [-0.15, -0.1) is 0 Å². The molecule has 2 aromatic rings. The second-order valence-electron chi connectivity index (χ2n) is 8.38. The minimum atomic E-state index is -1.52. The predicted molar refractivity (Wildman–Crippen MR) is 116 cm³/mol. The number of Topliss-reactive ketones (excluding diaryl/α,β-unsaturated/α-hetero) is 1. The molecule has 3 fully saturated rings. The summed E-state index contributed by atoms with van der Waals surface area (Å²) in [5.41, 5.74) is 1.49. The third-order valence-corrected chi connectivity index (χ3v) is 11.9. The second kappa shape index (κ2) is 9.31. The van der Waals surface area contributed by atoms with Crippen molar-refractivity contribution in [3.8, 4) is 0 Å². The van der Waals surface area contributed by atoms with Crippen molar-refractivity contribution in [1.29, 1.82) is 0 Å². The van der Waals surface area contributed by atoms with Gasteiger partial charge in [0.05, 0.1) is 0 Å². The zero-order valence-corrected chi connectivity index (χ0v) is 21.5. The van der Waals surface area contributed by atoms with Crippen molar-refractivity contribution in [1.82, 2.24) is 9.97 Å². The first-order valence-electron chi connectivity index (χ1n) is 10.9. The number of hydrogen-bond donors (Lipinski definition) is 0. The summed E-state index contributed by atoms with van der Waals surface area (Å²) in [7, 11) is 0. The van der Waals surface area contributed by atoms with Crippen LogP contribution in [0.2, 0.25) is 0 Å². The fourth-order valence-corrected chi connectivity index (χ4v) is 9.95. The number of morpholine rings is 2. The molecule has 4 atom stereocenters. The van der Waals surface area contributed by atoms with E-state index in [9.17, 15) is 15.0 Å². The molecular formula is C21H26N4O5Se2-2. The third-order valence-electron chi connectivity index (χ3n) is 6.39. The van der Waals surface area contributed by atoms with Crippen LogP contribution in [0.15, 0.2) is 0 Å². The normalized spacial score (nSPS) is 29.2. The van der Waals surface area contributed by atoms with Gasteiger partial charge in [-0.2, -0.15) is 0 Å². The number of carbonyl (C=O) groups is 1. The monoisotopic (exact) mass is 574 g/mol. The van der Waals surface area contributed by atoms with Crippen LogP contribution in [-0.2, 0) is 14.3 Å². The van der Waals surface area contributed by atoms with E-state index >= 15 is 0 Å². The topological polar surface area (TPSA) is 114 Å². The van der Waals surface area contributed by atoms with Gasteiger partial charge in [-0.3, -0.25) is 0 Å². The molecule has 9 nitrogen and oxygen atoms in total. The van der Waals surface area contributed by atoms with Crippen LogP contribution in [0.1, 0.15) is 32.1 Å². The molecule has 2 saturated heterocycles. The molecule has 0 amide bonds. The van der Waals surface area contributed by atoms with Crippen molar-refractivity contribution < 1.29 is 24.5 Å². The van der Waals surface area contributed by atoms with Crippen LogP contribution in [0, 0.1) is 13.8 Å². The Hall–Kier alpha value is -1.03. The summed E-state index contributed by atoms with van der Waals surface area (Å²) in [6.45, 7) is 9.42. The number of ketones is 1. The molecule has 11 heteroatoms. The van der Waals surface area contributed by atoms with Crippen molar-refractivity contribution in [2.24, 2.45) is 0 Å². The Morgan fingerprint density at radius 3 is 1.84 bits per heavy atom. The van der Waals surface area contributed by atoms with Crippen LogP contribution in [0.25, 0.3) is 0 Å². The third kappa shape index (κ3) is 4.03. The summed E-state index contributed by atoms with van der Waals surface area (Å²) in [6, 6.07) is 0. The number of aryl methyl sites for hydroxylation is 2. The summed E-state index contributed by atoms with van der Waals surface area (Å²) < 4.78 is 14.3. The summed E-state index contributed by atoms with van der Waals surface area (Å²) >= 11 is -0.412. The zero-order chi connectivity index (χ0) is 22.4. The van der Waals surface area contributed by atoms with Crippen molar-refractivity contribution in [2.75, 3.05) is 62.4 Å². The van der Waals surface area contributed by atoms with E-state index in [0.29, 0.717) is 26.4 Å². The van der Waals surface area contributed by atoms with Crippen LogP contribution in [0.3, 0.4) is 0 Å². The molecule has 0 spiro atoms. The van der Waals surface area contributed by atoms with Crippen LogP contribution < -0.4 is 20.0 Å². The van der Waals surface area contributed by atoms with Gasteiger partial charge in [-0.1, -0.05) is 0 Å². The number of aromatic nitrogens is 2. The standard InChI is InChI=1S/C21H26N4O5Se2/c1-11-18(31-20(22-11)24-3-7-29-8-4-24)13-15(26)14(17(28)16(13)27)19-12(2)23-21(32-19)25-5-9-30-10-6-25/h13-16H,3-10H2,1-2H3/q-2. The number of anilines is 2. The fourth-order valence-electron chi connectivity index (χ4n) is 4.63. The molecule has 1 aliphatic carbocycles. The molecule has 32 heavy (non-hydrogen) atoms. The van der Waals surface area contributed by atoms with E-state index in [1.54, 1.807) is 0 Å². The van der Waals surface area contributed by atoms with Gasteiger partial charge in [0.1, 0.15) is 0 Å². The molecule has 0 N–H and O–H groups in total. The van der Waals surface area contributed by atoms with E-state index in [0.717, 1.165) is 55.8 Å². The van der Waals surface area contributed by atoms with E-state index in [4.69, 9.17) is 19.4 Å². The molecule has 174 valence electrons. The predicted octanol–water partition coefficient (Wildman–Crippen LogP) is -2.21. The maximum absolute atomic E-state index is 13.6. The van der Waals surface area contributed by atoms with Crippen molar-refractivity contribution >= 4 is 44.2 Å². The van der Waals surface area contributed by atoms with Gasteiger partial charge in [0.2, 0.25) is 0 Å². The van der Waals surface area contributed by atoms with Gasteiger partial charge < -0.3 is 0 Å². The number of carbonyl (C=O) groups excluding carboxylic acids is 1. The average molecular weight is 572 g/mol. The van der Waals surface area contributed by atoms with Crippen LogP contribution in [-0.4, -0.2) is 110 Å². The molecule has 5 rings (SSSR count). The van der Waals surface area contributed by atoms with Gasteiger partial charge in [-0.25, -0.2) is 0 Å². The van der Waals surface area contributed by atoms with Crippen LogP contribution in [0.5, 0.6) is 0 Å². The summed E-state index contributed by atoms with van der Waals surface area (Å²) in [6.07, 6.45) is -2.78. The Bertz CT molecular complexity index is 983. The first-order chi connectivity index (χ1) is 15.5. The number of nitrogens with zero attached hydrogens (tertiary/aromatic N) is 4. The van der Waals surface area contributed by atoms with Crippen molar-refractivity contribution in [3.05, 3.63) is 20.3 Å². The van der Waals surface area contributed by atoms with Gasteiger partial charge in [0.25, 0.3) is 0 Å². The Morgan fingerprint density at radius 2 is 1.31 bits per heavy atom. The second-order valence-corrected chi connectivity index (χ2v) is 12.6.